The number of morpholine rings is 1. The molecule has 1 aromatic carbocycles. The summed E-state index contributed by atoms with van der Waals surface area (Å²) in [7, 11) is 1.58. The molecule has 0 radical (unpaired) electrons. The Hall–Kier alpha value is -1.75. The van der Waals surface area contributed by atoms with Crippen molar-refractivity contribution < 1.29 is 19.0 Å². The highest BCUT2D eigenvalue weighted by Gasteiger charge is 2.29. The van der Waals surface area contributed by atoms with Crippen molar-refractivity contribution in [2.24, 2.45) is 0 Å². The minimum absolute atomic E-state index is 0.0113. The van der Waals surface area contributed by atoms with Crippen LogP contribution in [-0.4, -0.2) is 49.8 Å². The van der Waals surface area contributed by atoms with Crippen LogP contribution in [0.1, 0.15) is 13.8 Å². The van der Waals surface area contributed by atoms with Gasteiger partial charge >= 0.3 is 0 Å². The van der Waals surface area contributed by atoms with E-state index in [4.69, 9.17) is 14.2 Å². The van der Waals surface area contributed by atoms with Crippen molar-refractivity contribution in [3.63, 3.8) is 0 Å². The molecule has 1 heterocycles. The summed E-state index contributed by atoms with van der Waals surface area (Å²) in [4.78, 5) is 14.0. The van der Waals surface area contributed by atoms with Crippen molar-refractivity contribution in [2.45, 2.75) is 26.0 Å². The first-order chi connectivity index (χ1) is 9.63. The lowest BCUT2D eigenvalue weighted by atomic mass is 10.1. The number of para-hydroxylation sites is 2. The Morgan fingerprint density at radius 3 is 2.75 bits per heavy atom. The summed E-state index contributed by atoms with van der Waals surface area (Å²) in [6.45, 7) is 5.17. The SMILES string of the molecule is COc1ccccc1OCC(=O)N1CCOC(C)C1C. The van der Waals surface area contributed by atoms with E-state index in [1.54, 1.807) is 19.2 Å². The molecule has 0 saturated carbocycles. The third-order valence-electron chi connectivity index (χ3n) is 3.62. The quantitative estimate of drug-likeness (QED) is 0.842. The monoisotopic (exact) mass is 279 g/mol. The van der Waals surface area contributed by atoms with E-state index in [1.807, 2.05) is 30.9 Å². The molecule has 20 heavy (non-hydrogen) atoms. The summed E-state index contributed by atoms with van der Waals surface area (Å²) >= 11 is 0. The molecule has 2 unspecified atom stereocenters. The van der Waals surface area contributed by atoms with Gasteiger partial charge in [0.2, 0.25) is 0 Å². The molecule has 0 aromatic heterocycles. The van der Waals surface area contributed by atoms with Gasteiger partial charge in [-0.15, -0.1) is 0 Å². The topological polar surface area (TPSA) is 48.0 Å². The van der Waals surface area contributed by atoms with E-state index in [0.29, 0.717) is 24.7 Å². The zero-order chi connectivity index (χ0) is 14.5. The lowest BCUT2D eigenvalue weighted by Crippen LogP contribution is -2.52. The average Bonchev–Trinajstić information content (AvgIpc) is 2.48. The van der Waals surface area contributed by atoms with Gasteiger partial charge in [0.05, 0.1) is 25.9 Å². The van der Waals surface area contributed by atoms with E-state index < -0.39 is 0 Å². The van der Waals surface area contributed by atoms with Crippen LogP contribution in [0.15, 0.2) is 24.3 Å². The summed E-state index contributed by atoms with van der Waals surface area (Å²) in [5, 5.41) is 0. The highest BCUT2D eigenvalue weighted by molar-refractivity contribution is 5.78. The Kier molecular flexibility index (Phi) is 4.84. The number of hydrogen-bond donors (Lipinski definition) is 0. The summed E-state index contributed by atoms with van der Waals surface area (Å²) in [6.07, 6.45) is 0.0546. The van der Waals surface area contributed by atoms with Crippen molar-refractivity contribution in [3.8, 4) is 11.5 Å². The van der Waals surface area contributed by atoms with Crippen molar-refractivity contribution in [1.82, 2.24) is 4.90 Å². The van der Waals surface area contributed by atoms with E-state index in [0.717, 1.165) is 0 Å². The molecule has 0 aliphatic carbocycles. The maximum Gasteiger partial charge on any atom is 0.260 e. The number of benzene rings is 1. The van der Waals surface area contributed by atoms with Gasteiger partial charge in [0.1, 0.15) is 0 Å². The second-order valence-corrected chi connectivity index (χ2v) is 4.84. The molecule has 0 N–H and O–H groups in total. The number of rotatable bonds is 4. The Balaban J connectivity index is 1.95. The molecule has 2 rings (SSSR count). The molecule has 1 aliphatic rings. The van der Waals surface area contributed by atoms with Gasteiger partial charge in [-0.1, -0.05) is 12.1 Å². The fraction of sp³-hybridized carbons (Fsp3) is 0.533. The smallest absolute Gasteiger partial charge is 0.260 e. The lowest BCUT2D eigenvalue weighted by molar-refractivity contribution is -0.146. The number of hydrogen-bond acceptors (Lipinski definition) is 4. The summed E-state index contributed by atoms with van der Waals surface area (Å²) in [5.41, 5.74) is 0. The number of carbonyl (C=O) groups excluding carboxylic acids is 1. The molecule has 0 spiro atoms. The lowest BCUT2D eigenvalue weighted by Gasteiger charge is -2.37. The van der Waals surface area contributed by atoms with Crippen molar-refractivity contribution in [1.29, 1.82) is 0 Å². The Labute approximate surface area is 119 Å². The molecule has 2 atom stereocenters. The van der Waals surface area contributed by atoms with Crippen LogP contribution in [0.2, 0.25) is 0 Å². The van der Waals surface area contributed by atoms with Gasteiger partial charge in [0, 0.05) is 6.54 Å². The third-order valence-corrected chi connectivity index (χ3v) is 3.62. The predicted molar refractivity (Wildman–Crippen MR) is 75.1 cm³/mol. The van der Waals surface area contributed by atoms with Gasteiger partial charge < -0.3 is 19.1 Å². The van der Waals surface area contributed by atoms with Crippen LogP contribution >= 0.6 is 0 Å². The van der Waals surface area contributed by atoms with Gasteiger partial charge in [-0.25, -0.2) is 0 Å². The average molecular weight is 279 g/mol. The highest BCUT2D eigenvalue weighted by atomic mass is 16.5. The second kappa shape index (κ2) is 6.61. The number of carbonyl (C=O) groups is 1. The number of ether oxygens (including phenoxy) is 3. The molecular weight excluding hydrogens is 258 g/mol. The van der Waals surface area contributed by atoms with Crippen LogP contribution < -0.4 is 9.47 Å². The van der Waals surface area contributed by atoms with Crippen LogP contribution in [0, 0.1) is 0 Å². The molecule has 1 fully saturated rings. The molecular formula is C15H21NO4. The van der Waals surface area contributed by atoms with Gasteiger partial charge in [-0.3, -0.25) is 4.79 Å². The largest absolute Gasteiger partial charge is 0.493 e. The fourth-order valence-electron chi connectivity index (χ4n) is 2.25. The first-order valence-corrected chi connectivity index (χ1v) is 6.80. The number of amides is 1. The van der Waals surface area contributed by atoms with Crippen LogP contribution in [0.4, 0.5) is 0 Å². The molecule has 110 valence electrons. The maximum atomic E-state index is 12.2. The van der Waals surface area contributed by atoms with E-state index in [9.17, 15) is 4.79 Å². The summed E-state index contributed by atoms with van der Waals surface area (Å²) < 4.78 is 16.3. The zero-order valence-electron chi connectivity index (χ0n) is 12.2. The molecule has 1 amide bonds. The molecule has 5 nitrogen and oxygen atoms in total. The van der Waals surface area contributed by atoms with Crippen LogP contribution in [-0.2, 0) is 9.53 Å². The minimum atomic E-state index is -0.0291. The number of methoxy groups -OCH3 is 1. The maximum absolute atomic E-state index is 12.2. The standard InChI is InChI=1S/C15H21NO4/c1-11-12(2)19-9-8-16(11)15(17)10-20-14-7-5-4-6-13(14)18-3/h4-7,11-12H,8-10H2,1-3H3. The van der Waals surface area contributed by atoms with Gasteiger partial charge in [0.25, 0.3) is 5.91 Å². The van der Waals surface area contributed by atoms with Gasteiger partial charge in [-0.05, 0) is 26.0 Å². The second-order valence-electron chi connectivity index (χ2n) is 4.84. The van der Waals surface area contributed by atoms with E-state index in [2.05, 4.69) is 0 Å². The van der Waals surface area contributed by atoms with Crippen LogP contribution in [0.25, 0.3) is 0 Å². The minimum Gasteiger partial charge on any atom is -0.493 e. The highest BCUT2D eigenvalue weighted by Crippen LogP contribution is 2.25. The van der Waals surface area contributed by atoms with Crippen LogP contribution in [0.3, 0.4) is 0 Å². The third kappa shape index (κ3) is 3.22. The summed E-state index contributed by atoms with van der Waals surface area (Å²) in [5.74, 6) is 1.18. The Morgan fingerprint density at radius 2 is 2.05 bits per heavy atom. The fourth-order valence-corrected chi connectivity index (χ4v) is 2.25. The van der Waals surface area contributed by atoms with E-state index >= 15 is 0 Å². The van der Waals surface area contributed by atoms with Crippen molar-refractivity contribution in [3.05, 3.63) is 24.3 Å². The first-order valence-electron chi connectivity index (χ1n) is 6.80. The van der Waals surface area contributed by atoms with Gasteiger partial charge in [0.15, 0.2) is 18.1 Å². The summed E-state index contributed by atoms with van der Waals surface area (Å²) in [6, 6.07) is 7.37. The van der Waals surface area contributed by atoms with E-state index in [1.165, 1.54) is 0 Å². The van der Waals surface area contributed by atoms with Crippen molar-refractivity contribution in [2.75, 3.05) is 26.9 Å². The normalized spacial score (nSPS) is 22.4. The molecule has 1 aromatic rings. The van der Waals surface area contributed by atoms with Crippen LogP contribution in [0.5, 0.6) is 11.5 Å². The first kappa shape index (κ1) is 14.7. The molecule has 0 bridgehead atoms. The number of nitrogens with zero attached hydrogens (tertiary/aromatic N) is 1. The van der Waals surface area contributed by atoms with E-state index in [-0.39, 0.29) is 24.7 Å². The van der Waals surface area contributed by atoms with Gasteiger partial charge in [-0.2, -0.15) is 0 Å². The Morgan fingerprint density at radius 1 is 1.35 bits per heavy atom. The molecule has 5 heteroatoms. The Bertz CT molecular complexity index is 463. The molecule has 1 saturated heterocycles. The molecule has 1 aliphatic heterocycles. The zero-order valence-corrected chi connectivity index (χ0v) is 12.2. The van der Waals surface area contributed by atoms with Crippen molar-refractivity contribution >= 4 is 5.91 Å². The predicted octanol–water partition coefficient (Wildman–Crippen LogP) is 1.71.